The molecule has 20 heavy (non-hydrogen) atoms. The minimum absolute atomic E-state index is 0.0174. The number of hydrogen-bond acceptors (Lipinski definition) is 4. The van der Waals surface area contributed by atoms with Gasteiger partial charge in [0.2, 0.25) is 5.95 Å². The summed E-state index contributed by atoms with van der Waals surface area (Å²) < 4.78 is 25.2. The molecule has 0 radical (unpaired) electrons. The van der Waals surface area contributed by atoms with Crippen LogP contribution in [0, 0.1) is 5.95 Å². The molecule has 108 valence electrons. The van der Waals surface area contributed by atoms with E-state index in [1.807, 2.05) is 27.7 Å². The standard InChI is InChI=1S/C14H19BFNO3/c1-9(18)6-10-8-17-12(16)7-11(10)15-19-13(2,3)14(4,5)20-15/h7-8H,6H2,1-5H3. The van der Waals surface area contributed by atoms with Crippen LogP contribution in [0.3, 0.4) is 0 Å². The van der Waals surface area contributed by atoms with Crippen molar-refractivity contribution in [1.82, 2.24) is 4.98 Å². The first-order valence-corrected chi connectivity index (χ1v) is 6.62. The molecule has 2 heterocycles. The van der Waals surface area contributed by atoms with Crippen molar-refractivity contribution < 1.29 is 18.5 Å². The first-order valence-electron chi connectivity index (χ1n) is 6.62. The molecule has 2 rings (SSSR count). The van der Waals surface area contributed by atoms with Crippen LogP contribution in [0.15, 0.2) is 12.3 Å². The van der Waals surface area contributed by atoms with Gasteiger partial charge in [-0.05, 0) is 51.7 Å². The Morgan fingerprint density at radius 1 is 1.30 bits per heavy atom. The highest BCUT2D eigenvalue weighted by Crippen LogP contribution is 2.36. The van der Waals surface area contributed by atoms with Crippen molar-refractivity contribution in [2.45, 2.75) is 52.2 Å². The second-order valence-corrected chi connectivity index (χ2v) is 6.17. The minimum Gasteiger partial charge on any atom is -0.399 e. The van der Waals surface area contributed by atoms with Crippen LogP contribution >= 0.6 is 0 Å². The molecular weight excluding hydrogens is 260 g/mol. The van der Waals surface area contributed by atoms with Gasteiger partial charge in [0, 0.05) is 12.6 Å². The van der Waals surface area contributed by atoms with Gasteiger partial charge in [0.15, 0.2) is 0 Å². The van der Waals surface area contributed by atoms with Gasteiger partial charge < -0.3 is 9.31 Å². The molecule has 1 aromatic rings. The lowest BCUT2D eigenvalue weighted by atomic mass is 9.76. The molecule has 0 bridgehead atoms. The van der Waals surface area contributed by atoms with E-state index in [-0.39, 0.29) is 12.2 Å². The molecule has 0 N–H and O–H groups in total. The highest BCUT2D eigenvalue weighted by atomic mass is 19.1. The van der Waals surface area contributed by atoms with E-state index in [9.17, 15) is 9.18 Å². The van der Waals surface area contributed by atoms with E-state index in [4.69, 9.17) is 9.31 Å². The van der Waals surface area contributed by atoms with E-state index in [1.165, 1.54) is 19.2 Å². The van der Waals surface area contributed by atoms with Gasteiger partial charge in [0.05, 0.1) is 11.2 Å². The van der Waals surface area contributed by atoms with Crippen molar-refractivity contribution in [3.8, 4) is 0 Å². The van der Waals surface area contributed by atoms with Crippen LogP contribution in [0.2, 0.25) is 0 Å². The van der Waals surface area contributed by atoms with Gasteiger partial charge in [0.25, 0.3) is 0 Å². The summed E-state index contributed by atoms with van der Waals surface area (Å²) >= 11 is 0. The molecule has 1 fully saturated rings. The minimum atomic E-state index is -0.688. The molecular formula is C14H19BFNO3. The highest BCUT2D eigenvalue weighted by molar-refractivity contribution is 6.62. The molecule has 0 atom stereocenters. The number of aromatic nitrogens is 1. The zero-order chi connectivity index (χ0) is 15.1. The second kappa shape index (κ2) is 4.93. The van der Waals surface area contributed by atoms with E-state index in [1.54, 1.807) is 0 Å². The van der Waals surface area contributed by atoms with Crippen molar-refractivity contribution in [3.05, 3.63) is 23.8 Å². The molecule has 0 aromatic carbocycles. The maximum atomic E-state index is 13.4. The summed E-state index contributed by atoms with van der Waals surface area (Å²) in [4.78, 5) is 14.9. The Labute approximate surface area is 118 Å². The third-order valence-corrected chi connectivity index (χ3v) is 3.94. The van der Waals surface area contributed by atoms with Crippen LogP contribution in [0.4, 0.5) is 4.39 Å². The fraction of sp³-hybridized carbons (Fsp3) is 0.571. The lowest BCUT2D eigenvalue weighted by Gasteiger charge is -2.32. The molecule has 6 heteroatoms. The normalized spacial score (nSPS) is 20.2. The van der Waals surface area contributed by atoms with Gasteiger partial charge >= 0.3 is 7.12 Å². The van der Waals surface area contributed by atoms with Gasteiger partial charge in [-0.2, -0.15) is 4.39 Å². The molecule has 1 aliphatic heterocycles. The predicted molar refractivity (Wildman–Crippen MR) is 74.3 cm³/mol. The Morgan fingerprint density at radius 3 is 2.35 bits per heavy atom. The van der Waals surface area contributed by atoms with E-state index >= 15 is 0 Å². The number of rotatable bonds is 3. The molecule has 0 spiro atoms. The maximum absolute atomic E-state index is 13.4. The summed E-state index contributed by atoms with van der Waals surface area (Å²) in [6.45, 7) is 9.19. The molecule has 0 aliphatic carbocycles. The predicted octanol–water partition coefficient (Wildman–Crippen LogP) is 1.65. The van der Waals surface area contributed by atoms with Crippen LogP contribution in [0.25, 0.3) is 0 Å². The second-order valence-electron chi connectivity index (χ2n) is 6.17. The Bertz CT molecular complexity index is 529. The van der Waals surface area contributed by atoms with Gasteiger partial charge in [-0.15, -0.1) is 0 Å². The SMILES string of the molecule is CC(=O)Cc1cnc(F)cc1B1OC(C)(C)C(C)(C)O1. The van der Waals surface area contributed by atoms with Gasteiger partial charge in [-0.3, -0.25) is 4.79 Å². The third kappa shape index (κ3) is 2.76. The highest BCUT2D eigenvalue weighted by Gasteiger charge is 2.52. The Morgan fingerprint density at radius 2 is 1.85 bits per heavy atom. The average Bonchev–Trinajstić information content (AvgIpc) is 2.50. The fourth-order valence-electron chi connectivity index (χ4n) is 2.08. The summed E-state index contributed by atoms with van der Waals surface area (Å²) in [7, 11) is -0.688. The van der Waals surface area contributed by atoms with Crippen LogP contribution in [0.5, 0.6) is 0 Å². The first-order chi connectivity index (χ1) is 9.12. The number of hydrogen-bond donors (Lipinski definition) is 0. The Hall–Kier alpha value is -1.27. The van der Waals surface area contributed by atoms with Gasteiger partial charge in [0.1, 0.15) is 5.78 Å². The van der Waals surface area contributed by atoms with Crippen molar-refractivity contribution in [2.24, 2.45) is 0 Å². The zero-order valence-electron chi connectivity index (χ0n) is 12.5. The largest absolute Gasteiger partial charge is 0.495 e. The molecule has 0 amide bonds. The van der Waals surface area contributed by atoms with E-state index in [0.29, 0.717) is 11.0 Å². The van der Waals surface area contributed by atoms with Crippen LogP contribution in [0.1, 0.15) is 40.2 Å². The van der Waals surface area contributed by atoms with Gasteiger partial charge in [-0.1, -0.05) is 0 Å². The maximum Gasteiger partial charge on any atom is 0.495 e. The molecule has 1 aliphatic rings. The average molecular weight is 279 g/mol. The Balaban J connectivity index is 2.38. The molecule has 4 nitrogen and oxygen atoms in total. The number of nitrogens with zero attached hydrogens (tertiary/aromatic N) is 1. The summed E-state index contributed by atoms with van der Waals surface area (Å²) in [5.74, 6) is -0.627. The lowest BCUT2D eigenvalue weighted by molar-refractivity contribution is -0.116. The summed E-state index contributed by atoms with van der Waals surface area (Å²) in [5.41, 5.74) is 0.152. The van der Waals surface area contributed by atoms with Gasteiger partial charge in [-0.25, -0.2) is 4.98 Å². The lowest BCUT2D eigenvalue weighted by Crippen LogP contribution is -2.41. The summed E-state index contributed by atoms with van der Waals surface area (Å²) in [5, 5.41) is 0. The summed E-state index contributed by atoms with van der Waals surface area (Å²) in [6.07, 6.45) is 1.56. The third-order valence-electron chi connectivity index (χ3n) is 3.94. The van der Waals surface area contributed by atoms with Crippen molar-refractivity contribution >= 4 is 18.4 Å². The van der Waals surface area contributed by atoms with Crippen LogP contribution < -0.4 is 5.46 Å². The van der Waals surface area contributed by atoms with Crippen molar-refractivity contribution in [3.63, 3.8) is 0 Å². The van der Waals surface area contributed by atoms with E-state index in [0.717, 1.165) is 0 Å². The number of halogens is 1. The summed E-state index contributed by atoms with van der Waals surface area (Å²) in [6, 6.07) is 1.28. The molecule has 0 saturated carbocycles. The quantitative estimate of drug-likeness (QED) is 0.623. The molecule has 0 unspecified atom stereocenters. The molecule has 1 saturated heterocycles. The number of carbonyl (C=O) groups excluding carboxylic acids is 1. The number of carbonyl (C=O) groups is 1. The number of ketones is 1. The van der Waals surface area contributed by atoms with Crippen molar-refractivity contribution in [1.29, 1.82) is 0 Å². The zero-order valence-corrected chi connectivity index (χ0v) is 12.5. The van der Waals surface area contributed by atoms with Crippen LogP contribution in [-0.2, 0) is 20.5 Å². The monoisotopic (exact) mass is 279 g/mol. The van der Waals surface area contributed by atoms with Crippen LogP contribution in [-0.4, -0.2) is 29.1 Å². The van der Waals surface area contributed by atoms with E-state index < -0.39 is 24.3 Å². The molecule has 1 aromatic heterocycles. The number of Topliss-reactive ketones (excluding diaryl/α,β-unsaturated/α-hetero) is 1. The smallest absolute Gasteiger partial charge is 0.399 e. The first kappa shape index (κ1) is 15.1. The Kier molecular flexibility index (Phi) is 3.73. The number of pyridine rings is 1. The topological polar surface area (TPSA) is 48.4 Å². The fourth-order valence-corrected chi connectivity index (χ4v) is 2.08. The van der Waals surface area contributed by atoms with Crippen molar-refractivity contribution in [2.75, 3.05) is 0 Å². The van der Waals surface area contributed by atoms with E-state index in [2.05, 4.69) is 4.98 Å².